The summed E-state index contributed by atoms with van der Waals surface area (Å²) in [5, 5.41) is 6.68. The molecule has 0 radical (unpaired) electrons. The zero-order chi connectivity index (χ0) is 17.3. The number of halogens is 1. The summed E-state index contributed by atoms with van der Waals surface area (Å²) in [7, 11) is 0. The van der Waals surface area contributed by atoms with Crippen LogP contribution >= 0.6 is 11.6 Å². The largest absolute Gasteiger partial charge is 0.478 e. The van der Waals surface area contributed by atoms with Crippen LogP contribution in [0.15, 0.2) is 29.4 Å². The van der Waals surface area contributed by atoms with Crippen LogP contribution in [0.4, 0.5) is 5.69 Å². The first-order valence-electron chi connectivity index (χ1n) is 9.23. The topological polar surface area (TPSA) is 45.1 Å². The van der Waals surface area contributed by atoms with E-state index in [0.29, 0.717) is 17.5 Å². The molecule has 1 aromatic rings. The normalized spacial score (nSPS) is 22.8. The van der Waals surface area contributed by atoms with Crippen LogP contribution in [-0.4, -0.2) is 42.9 Å². The van der Waals surface area contributed by atoms with E-state index in [4.69, 9.17) is 16.3 Å². The van der Waals surface area contributed by atoms with Crippen LogP contribution in [0.5, 0.6) is 0 Å². The molecule has 1 aliphatic carbocycles. The number of hydrazone groups is 1. The van der Waals surface area contributed by atoms with Crippen LogP contribution in [0.25, 0.3) is 0 Å². The minimum atomic E-state index is -0.526. The van der Waals surface area contributed by atoms with Gasteiger partial charge in [0.2, 0.25) is 5.90 Å². The second-order valence-electron chi connectivity index (χ2n) is 7.18. The van der Waals surface area contributed by atoms with E-state index in [1.807, 2.05) is 12.1 Å². The Morgan fingerprint density at radius 2 is 1.80 bits per heavy atom. The van der Waals surface area contributed by atoms with Gasteiger partial charge in [0.25, 0.3) is 5.91 Å². The smallest absolute Gasteiger partial charge is 0.263 e. The van der Waals surface area contributed by atoms with Gasteiger partial charge in [-0.1, -0.05) is 24.4 Å². The van der Waals surface area contributed by atoms with E-state index >= 15 is 0 Å². The summed E-state index contributed by atoms with van der Waals surface area (Å²) in [4.78, 5) is 15.4. The number of anilines is 1. The lowest BCUT2D eigenvalue weighted by molar-refractivity contribution is -0.127. The van der Waals surface area contributed by atoms with Gasteiger partial charge >= 0.3 is 0 Å². The minimum Gasteiger partial charge on any atom is -0.478 e. The molecule has 1 spiro atoms. The van der Waals surface area contributed by atoms with E-state index in [0.717, 1.165) is 44.6 Å². The lowest BCUT2D eigenvalue weighted by Crippen LogP contribution is -2.46. The predicted molar refractivity (Wildman–Crippen MR) is 98.9 cm³/mol. The average Bonchev–Trinajstić information content (AvgIpc) is 2.89. The van der Waals surface area contributed by atoms with Gasteiger partial charge in [0.15, 0.2) is 0 Å². The molecule has 4 rings (SSSR count). The Bertz CT molecular complexity index is 664. The molecule has 25 heavy (non-hydrogen) atoms. The maximum atomic E-state index is 13.0. The van der Waals surface area contributed by atoms with Gasteiger partial charge in [0.1, 0.15) is 12.0 Å². The second kappa shape index (κ2) is 6.96. The molecule has 0 unspecified atom stereocenters. The molecule has 1 saturated carbocycles. The van der Waals surface area contributed by atoms with Crippen LogP contribution < -0.4 is 5.01 Å². The maximum Gasteiger partial charge on any atom is 0.263 e. The molecular weight excluding hydrogens is 338 g/mol. The molecule has 1 saturated heterocycles. The number of hydrogen-bond acceptors (Lipinski definition) is 4. The van der Waals surface area contributed by atoms with E-state index in [1.165, 1.54) is 24.3 Å². The predicted octanol–water partition coefficient (Wildman–Crippen LogP) is 3.67. The molecule has 3 aliphatic rings. The molecule has 134 valence electrons. The lowest BCUT2D eigenvalue weighted by atomic mass is 9.68. The third kappa shape index (κ3) is 3.15. The van der Waals surface area contributed by atoms with Crippen molar-refractivity contribution in [1.29, 1.82) is 0 Å². The van der Waals surface area contributed by atoms with Crippen LogP contribution in [0.1, 0.15) is 38.5 Å². The summed E-state index contributed by atoms with van der Waals surface area (Å²) in [5.74, 6) is 0.643. The van der Waals surface area contributed by atoms with Crippen molar-refractivity contribution in [1.82, 2.24) is 4.90 Å². The fraction of sp³-hybridized carbons (Fsp3) is 0.579. The van der Waals surface area contributed by atoms with Crippen LogP contribution in [0.2, 0.25) is 5.02 Å². The van der Waals surface area contributed by atoms with Crippen molar-refractivity contribution in [3.8, 4) is 0 Å². The van der Waals surface area contributed by atoms with Crippen LogP contribution in [0.3, 0.4) is 0 Å². The Morgan fingerprint density at radius 3 is 2.44 bits per heavy atom. The number of rotatable bonds is 4. The van der Waals surface area contributed by atoms with Gasteiger partial charge in [-0.25, -0.2) is 0 Å². The van der Waals surface area contributed by atoms with Crippen molar-refractivity contribution in [2.45, 2.75) is 38.5 Å². The fourth-order valence-electron chi connectivity index (χ4n) is 3.86. The number of likely N-dealkylation sites (tertiary alicyclic amines) is 1. The van der Waals surface area contributed by atoms with Crippen molar-refractivity contribution < 1.29 is 9.53 Å². The highest BCUT2D eigenvalue weighted by Gasteiger charge is 2.57. The Morgan fingerprint density at radius 1 is 1.08 bits per heavy atom. The van der Waals surface area contributed by atoms with Gasteiger partial charge in [-0.05, 0) is 63.0 Å². The molecular formula is C19H24ClN3O2. The van der Waals surface area contributed by atoms with Crippen molar-refractivity contribution >= 4 is 29.1 Å². The van der Waals surface area contributed by atoms with Gasteiger partial charge in [-0.3, -0.25) is 9.69 Å². The first-order chi connectivity index (χ1) is 12.2. The number of carbonyl (C=O) groups excluding carboxylic acids is 1. The number of ether oxygens (including phenoxy) is 1. The highest BCUT2D eigenvalue weighted by atomic mass is 35.5. The molecule has 0 atom stereocenters. The summed E-state index contributed by atoms with van der Waals surface area (Å²) >= 11 is 5.95. The van der Waals surface area contributed by atoms with E-state index in [9.17, 15) is 4.79 Å². The first kappa shape index (κ1) is 16.9. The van der Waals surface area contributed by atoms with Gasteiger partial charge in [-0.15, -0.1) is 5.10 Å². The zero-order valence-electron chi connectivity index (χ0n) is 14.4. The van der Waals surface area contributed by atoms with Gasteiger partial charge in [0, 0.05) is 11.6 Å². The molecule has 6 heteroatoms. The monoisotopic (exact) mass is 361 g/mol. The summed E-state index contributed by atoms with van der Waals surface area (Å²) < 4.78 is 6.03. The summed E-state index contributed by atoms with van der Waals surface area (Å²) in [6.07, 6.45) is 6.59. The van der Waals surface area contributed by atoms with E-state index in [2.05, 4.69) is 10.0 Å². The third-order valence-electron chi connectivity index (χ3n) is 5.58. The quantitative estimate of drug-likeness (QED) is 0.821. The fourth-order valence-corrected chi connectivity index (χ4v) is 3.99. The number of amides is 1. The Labute approximate surface area is 153 Å². The highest BCUT2D eigenvalue weighted by Crippen LogP contribution is 2.48. The van der Waals surface area contributed by atoms with Crippen molar-refractivity contribution in [2.24, 2.45) is 10.5 Å². The van der Waals surface area contributed by atoms with E-state index in [-0.39, 0.29) is 5.91 Å². The summed E-state index contributed by atoms with van der Waals surface area (Å²) in [6, 6.07) is 7.21. The first-order valence-corrected chi connectivity index (χ1v) is 9.61. The van der Waals surface area contributed by atoms with E-state index < -0.39 is 5.41 Å². The van der Waals surface area contributed by atoms with Gasteiger partial charge < -0.3 is 4.74 Å². The average molecular weight is 362 g/mol. The molecule has 5 nitrogen and oxygen atoms in total. The molecule has 0 aromatic heterocycles. The number of benzene rings is 1. The number of carbonyl (C=O) groups is 1. The molecule has 1 amide bonds. The SMILES string of the molecule is O=C1N(c2ccc(Cl)cc2)N=C(OCCN2CCCCC2)C12CCC2. The number of piperidine rings is 1. The minimum absolute atomic E-state index is 0.0362. The molecule has 2 heterocycles. The third-order valence-corrected chi connectivity index (χ3v) is 5.83. The highest BCUT2D eigenvalue weighted by molar-refractivity contribution is 6.30. The summed E-state index contributed by atoms with van der Waals surface area (Å²) in [6.45, 7) is 3.81. The van der Waals surface area contributed by atoms with Crippen molar-refractivity contribution in [2.75, 3.05) is 31.3 Å². The molecule has 0 N–H and O–H groups in total. The zero-order valence-corrected chi connectivity index (χ0v) is 15.2. The Kier molecular flexibility index (Phi) is 4.69. The van der Waals surface area contributed by atoms with E-state index in [1.54, 1.807) is 12.1 Å². The molecule has 0 bridgehead atoms. The van der Waals surface area contributed by atoms with Gasteiger partial charge in [0.05, 0.1) is 5.69 Å². The summed E-state index contributed by atoms with van der Waals surface area (Å²) in [5.41, 5.74) is 0.219. The number of nitrogens with zero attached hydrogens (tertiary/aromatic N) is 3. The Balaban J connectivity index is 1.45. The second-order valence-corrected chi connectivity index (χ2v) is 7.62. The molecule has 2 aliphatic heterocycles. The number of hydrogen-bond donors (Lipinski definition) is 0. The van der Waals surface area contributed by atoms with Crippen molar-refractivity contribution in [3.63, 3.8) is 0 Å². The van der Waals surface area contributed by atoms with Crippen LogP contribution in [0, 0.1) is 5.41 Å². The van der Waals surface area contributed by atoms with Crippen molar-refractivity contribution in [3.05, 3.63) is 29.3 Å². The standard InChI is InChI=1S/C19H24ClN3O2/c20-15-5-7-16(8-6-15)23-18(24)19(9-4-10-19)17(21-23)25-14-13-22-11-2-1-3-12-22/h5-8H,1-4,9-14H2. The Hall–Kier alpha value is -1.59. The molecule has 2 fully saturated rings. The van der Waals surface area contributed by atoms with Gasteiger partial charge in [-0.2, -0.15) is 5.01 Å². The molecule has 1 aromatic carbocycles. The maximum absolute atomic E-state index is 13.0. The van der Waals surface area contributed by atoms with Crippen LogP contribution in [-0.2, 0) is 9.53 Å². The lowest BCUT2D eigenvalue weighted by Gasteiger charge is -2.36.